The predicted octanol–water partition coefficient (Wildman–Crippen LogP) is 3.42. The minimum Gasteiger partial charge on any atom is -0.154 e. The molecule has 13 heavy (non-hydrogen) atoms. The molecule has 0 spiro atoms. The maximum Gasteiger partial charge on any atom is 0.460 e. The fourth-order valence-electron chi connectivity index (χ4n) is 1.28. The van der Waals surface area contributed by atoms with Crippen LogP contribution in [0.15, 0.2) is 18.2 Å². The van der Waals surface area contributed by atoms with Gasteiger partial charge in [0.15, 0.2) is 0 Å². The molecule has 0 fully saturated rings. The Morgan fingerprint density at radius 2 is 1.46 bits per heavy atom. The smallest absolute Gasteiger partial charge is 0.154 e. The van der Waals surface area contributed by atoms with Gasteiger partial charge in [-0.3, -0.25) is 0 Å². The highest BCUT2D eigenvalue weighted by Gasteiger charge is 2.33. The summed E-state index contributed by atoms with van der Waals surface area (Å²) in [5, 5.41) is 0. The second kappa shape index (κ2) is 3.32. The van der Waals surface area contributed by atoms with Gasteiger partial charge in [0.1, 0.15) is 12.0 Å². The molecule has 0 aliphatic carbocycles. The Kier molecular flexibility index (Phi) is 2.55. The lowest BCUT2D eigenvalue weighted by atomic mass is 10.1. The molecular weight excluding hydrogens is 177 g/mol. The summed E-state index contributed by atoms with van der Waals surface area (Å²) in [4.78, 5) is 0. The lowest BCUT2D eigenvalue weighted by Crippen LogP contribution is -2.08. The molecule has 0 nitrogen and oxygen atoms in total. The van der Waals surface area contributed by atoms with E-state index in [1.807, 2.05) is 6.07 Å². The third kappa shape index (κ3) is 3.40. The van der Waals surface area contributed by atoms with Crippen LogP contribution in [-0.4, -0.2) is 6.18 Å². The summed E-state index contributed by atoms with van der Waals surface area (Å²) in [5.74, 6) is 0. The van der Waals surface area contributed by atoms with Crippen LogP contribution in [0, 0.1) is 20.3 Å². The van der Waals surface area contributed by atoms with Crippen molar-refractivity contribution in [3.05, 3.63) is 41.3 Å². The quantitative estimate of drug-likeness (QED) is 0.591. The summed E-state index contributed by atoms with van der Waals surface area (Å²) in [6, 6.07) is 4.87. The van der Waals surface area contributed by atoms with Gasteiger partial charge in [0.2, 0.25) is 0 Å². The lowest BCUT2D eigenvalue weighted by molar-refractivity contribution is -0.0927. The van der Waals surface area contributed by atoms with Crippen molar-refractivity contribution in [1.29, 1.82) is 0 Å². The summed E-state index contributed by atoms with van der Waals surface area (Å²) in [6.45, 7) is 3.56. The van der Waals surface area contributed by atoms with Crippen LogP contribution in [0.2, 0.25) is 0 Å². The topological polar surface area (TPSA) is 0 Å². The molecule has 1 aromatic carbocycles. The van der Waals surface area contributed by atoms with Gasteiger partial charge >= 0.3 is 6.18 Å². The number of rotatable bonds is 1. The molecule has 0 aromatic heterocycles. The Morgan fingerprint density at radius 3 is 1.85 bits per heavy atom. The molecule has 1 rings (SSSR count). The van der Waals surface area contributed by atoms with Crippen molar-refractivity contribution in [1.82, 2.24) is 0 Å². The molecule has 70 valence electrons. The molecule has 0 N–H and O–H groups in total. The van der Waals surface area contributed by atoms with E-state index in [2.05, 4.69) is 0 Å². The van der Waals surface area contributed by atoms with E-state index in [1.165, 1.54) is 12.1 Å². The molecule has 3 heteroatoms. The zero-order valence-corrected chi connectivity index (χ0v) is 7.44. The van der Waals surface area contributed by atoms with E-state index in [1.54, 1.807) is 13.8 Å². The first-order valence-electron chi connectivity index (χ1n) is 3.88. The molecule has 0 heterocycles. The molecule has 0 amide bonds. The van der Waals surface area contributed by atoms with Crippen LogP contribution in [-0.2, 0) is 0 Å². The molecule has 0 bridgehead atoms. The Morgan fingerprint density at radius 1 is 1.00 bits per heavy atom. The summed E-state index contributed by atoms with van der Waals surface area (Å²) in [7, 11) is 0. The minimum atomic E-state index is -4.24. The second-order valence-corrected chi connectivity index (χ2v) is 3.11. The van der Waals surface area contributed by atoms with Crippen LogP contribution in [0.5, 0.6) is 0 Å². The number of aryl methyl sites for hydroxylation is 2. The maximum atomic E-state index is 11.9. The summed E-state index contributed by atoms with van der Waals surface area (Å²) in [6.07, 6.45) is -3.92. The van der Waals surface area contributed by atoms with E-state index in [4.69, 9.17) is 0 Å². The third-order valence-corrected chi connectivity index (χ3v) is 1.57. The number of hydrogen-bond acceptors (Lipinski definition) is 0. The molecule has 1 aromatic rings. The first kappa shape index (κ1) is 9.96. The number of benzene rings is 1. The van der Waals surface area contributed by atoms with Gasteiger partial charge < -0.3 is 0 Å². The highest BCUT2D eigenvalue weighted by Crippen LogP contribution is 2.24. The van der Waals surface area contributed by atoms with Gasteiger partial charge in [-0.2, -0.15) is 13.2 Å². The molecule has 0 saturated heterocycles. The number of halogens is 3. The van der Waals surface area contributed by atoms with Crippen LogP contribution < -0.4 is 0 Å². The van der Waals surface area contributed by atoms with Crippen molar-refractivity contribution in [2.24, 2.45) is 0 Å². The lowest BCUT2D eigenvalue weighted by Gasteiger charge is -2.00. The second-order valence-electron chi connectivity index (χ2n) is 3.11. The molecule has 0 saturated carbocycles. The van der Waals surface area contributed by atoms with Gasteiger partial charge in [-0.25, -0.2) is 0 Å². The molecular formula is C10H10F3+. The maximum absolute atomic E-state index is 11.9. The summed E-state index contributed by atoms with van der Waals surface area (Å²) in [5.41, 5.74) is 1.90. The van der Waals surface area contributed by atoms with Gasteiger partial charge in [0.05, 0.1) is 0 Å². The molecule has 0 radical (unpaired) electrons. The Labute approximate surface area is 75.4 Å². The average molecular weight is 187 g/mol. The third-order valence-electron chi connectivity index (χ3n) is 1.57. The van der Waals surface area contributed by atoms with Gasteiger partial charge in [-0.1, -0.05) is 0 Å². The number of alkyl halides is 3. The monoisotopic (exact) mass is 187 g/mol. The normalized spacial score (nSPS) is 11.5. The van der Waals surface area contributed by atoms with E-state index in [9.17, 15) is 13.2 Å². The zero-order chi connectivity index (χ0) is 10.1. The van der Waals surface area contributed by atoms with Crippen molar-refractivity contribution in [3.8, 4) is 0 Å². The SMILES string of the molecule is Cc1cc(C)cc([CH+]C(F)(F)F)c1. The van der Waals surface area contributed by atoms with Gasteiger partial charge in [-0.15, -0.1) is 0 Å². The van der Waals surface area contributed by atoms with Crippen LogP contribution in [0.1, 0.15) is 16.7 Å². The van der Waals surface area contributed by atoms with Gasteiger partial charge in [0.25, 0.3) is 0 Å². The molecule has 0 unspecified atom stereocenters. The van der Waals surface area contributed by atoms with Crippen molar-refractivity contribution >= 4 is 0 Å². The van der Waals surface area contributed by atoms with Crippen LogP contribution in [0.3, 0.4) is 0 Å². The van der Waals surface area contributed by atoms with Gasteiger partial charge in [0, 0.05) is 23.3 Å². The Hall–Kier alpha value is -1.12. The van der Waals surface area contributed by atoms with Crippen LogP contribution in [0.25, 0.3) is 0 Å². The van der Waals surface area contributed by atoms with E-state index in [-0.39, 0.29) is 5.56 Å². The van der Waals surface area contributed by atoms with E-state index >= 15 is 0 Å². The number of hydrogen-bond donors (Lipinski definition) is 0. The Bertz CT molecular complexity index is 279. The highest BCUT2D eigenvalue weighted by molar-refractivity contribution is 5.33. The first-order valence-corrected chi connectivity index (χ1v) is 3.88. The van der Waals surface area contributed by atoms with Crippen LogP contribution >= 0.6 is 0 Å². The van der Waals surface area contributed by atoms with Crippen molar-refractivity contribution < 1.29 is 13.2 Å². The summed E-state index contributed by atoms with van der Waals surface area (Å²) >= 11 is 0. The molecule has 0 aliphatic rings. The highest BCUT2D eigenvalue weighted by atomic mass is 19.4. The van der Waals surface area contributed by atoms with Crippen LogP contribution in [0.4, 0.5) is 13.2 Å². The minimum absolute atomic E-state index is 0.213. The van der Waals surface area contributed by atoms with E-state index < -0.39 is 6.18 Å². The van der Waals surface area contributed by atoms with E-state index in [0.717, 1.165) is 11.1 Å². The average Bonchev–Trinajstić information content (AvgIpc) is 1.78. The van der Waals surface area contributed by atoms with Gasteiger partial charge in [-0.05, 0) is 19.9 Å². The van der Waals surface area contributed by atoms with Crippen molar-refractivity contribution in [3.63, 3.8) is 0 Å². The fourth-order valence-corrected chi connectivity index (χ4v) is 1.28. The molecule has 0 atom stereocenters. The van der Waals surface area contributed by atoms with Crippen molar-refractivity contribution in [2.75, 3.05) is 0 Å². The zero-order valence-electron chi connectivity index (χ0n) is 7.44. The summed E-state index contributed by atoms with van der Waals surface area (Å²) < 4.78 is 35.8. The van der Waals surface area contributed by atoms with E-state index in [0.29, 0.717) is 6.42 Å². The first-order chi connectivity index (χ1) is 5.87. The molecule has 0 aliphatic heterocycles. The predicted molar refractivity (Wildman–Crippen MR) is 45.4 cm³/mol. The van der Waals surface area contributed by atoms with Crippen molar-refractivity contribution in [2.45, 2.75) is 20.0 Å². The standard InChI is InChI=1S/C10H10F3/c1-7-3-8(2)5-9(4-7)6-10(11,12)13/h3-6H,1-2H3/q+1. The largest absolute Gasteiger partial charge is 0.460 e. The Balaban J connectivity index is 2.90. The fraction of sp³-hybridized carbons (Fsp3) is 0.300.